The van der Waals surface area contributed by atoms with Crippen LogP contribution < -0.4 is 0 Å². The van der Waals surface area contributed by atoms with E-state index < -0.39 is 0 Å². The number of hydrogen-bond acceptors (Lipinski definition) is 7. The highest BCUT2D eigenvalue weighted by Crippen LogP contribution is 2.55. The quantitative estimate of drug-likeness (QED) is 0.132. The van der Waals surface area contributed by atoms with Crippen molar-refractivity contribution in [3.05, 3.63) is 318 Å². The van der Waals surface area contributed by atoms with Gasteiger partial charge in [0, 0.05) is 55.1 Å². The van der Waals surface area contributed by atoms with Gasteiger partial charge in [-0.2, -0.15) is 10.5 Å². The average Bonchev–Trinajstić information content (AvgIpc) is 1.59. The molecule has 1 atom stereocenters. The molecule has 0 radical (unpaired) electrons. The van der Waals surface area contributed by atoms with Crippen LogP contribution in [0.1, 0.15) is 33.7 Å². The van der Waals surface area contributed by atoms with Gasteiger partial charge in [-0.15, -0.1) is 0 Å². The van der Waals surface area contributed by atoms with Crippen molar-refractivity contribution in [1.29, 1.82) is 10.5 Å². The van der Waals surface area contributed by atoms with Gasteiger partial charge in [-0.05, 0) is 158 Å². The number of rotatable bonds is 9. The summed E-state index contributed by atoms with van der Waals surface area (Å²) in [7, 11) is 0. The summed E-state index contributed by atoms with van der Waals surface area (Å²) in [4.78, 5) is 20.6. The SMILES string of the molecule is [C-]#[N+]c1cccc(-c2nc(-c3ccc(-c4cccc(C#N)c4)cc3C3c4ccc(-c5ccccc5)cc4-c4c3ccc3c4oc4ccccc43)nc(-c3ccc(-c4cccc(C#N)c4)cc3-n3c4ccc(-c5ccccc5)cc4c4c5oc6ccccc6c5ccc43)n2)c1. The second-order valence-electron chi connectivity index (χ2n) is 23.9. The number of aromatic nitrogens is 4. The fourth-order valence-corrected chi connectivity index (χ4v) is 14.3. The summed E-state index contributed by atoms with van der Waals surface area (Å²) >= 11 is 0. The van der Waals surface area contributed by atoms with E-state index >= 15 is 0 Å². The first-order valence-corrected chi connectivity index (χ1v) is 31.1. The van der Waals surface area contributed by atoms with E-state index in [1.807, 2.05) is 109 Å². The van der Waals surface area contributed by atoms with E-state index in [1.165, 1.54) is 0 Å². The zero-order valence-corrected chi connectivity index (χ0v) is 50.1. The molecule has 9 heteroatoms. The zero-order valence-electron chi connectivity index (χ0n) is 50.1. The Balaban J connectivity index is 0.929. The standard InChI is InChI=1S/C85H47N7O2/c1-88-61-24-14-23-60(43-61)83-89-84(67-34-30-58(54-21-12-15-50(41-54)48-86)45-71(67)78-64-33-29-56(52-17-4-2-5-18-52)44-70(64)79-69(78)37-36-65-62-25-8-10-27-76(62)93-81(65)79)91-85(90-83)68-35-31-59(55-22-13-16-51(42-55)49-87)47-75(68)92-73-39-32-57(53-19-6-3-7-20-53)46-72(73)80-74(92)40-38-66-63-26-9-11-28-77(63)94-82(66)80/h2-47,78H. The Morgan fingerprint density at radius 3 is 1.59 bits per heavy atom. The molecule has 0 aliphatic heterocycles. The Hall–Kier alpha value is -13.3. The second kappa shape index (κ2) is 21.5. The largest absolute Gasteiger partial charge is 0.455 e. The summed E-state index contributed by atoms with van der Waals surface area (Å²) in [6.07, 6.45) is 0. The van der Waals surface area contributed by atoms with Gasteiger partial charge in [-0.25, -0.2) is 19.8 Å². The van der Waals surface area contributed by atoms with Gasteiger partial charge in [0.2, 0.25) is 0 Å². The highest BCUT2D eigenvalue weighted by Gasteiger charge is 2.36. The third-order valence-corrected chi connectivity index (χ3v) is 18.6. The van der Waals surface area contributed by atoms with Gasteiger partial charge >= 0.3 is 0 Å². The molecule has 13 aromatic carbocycles. The number of hydrogen-bond donors (Lipinski definition) is 0. The topological polar surface area (TPSA) is 122 Å². The van der Waals surface area contributed by atoms with Gasteiger partial charge in [0.1, 0.15) is 22.3 Å². The summed E-state index contributed by atoms with van der Waals surface area (Å²) < 4.78 is 16.2. The minimum atomic E-state index is -0.372. The second-order valence-corrected chi connectivity index (χ2v) is 23.9. The third kappa shape index (κ3) is 8.64. The summed E-state index contributed by atoms with van der Waals surface area (Å²) in [5.74, 6) is 0.808. The molecule has 1 aliphatic carbocycles. The van der Waals surface area contributed by atoms with Crippen LogP contribution in [-0.4, -0.2) is 19.5 Å². The van der Waals surface area contributed by atoms with E-state index in [2.05, 4.69) is 185 Å². The molecule has 18 rings (SSSR count). The molecule has 0 spiro atoms. The Morgan fingerprint density at radius 2 is 0.883 bits per heavy atom. The normalized spacial score (nSPS) is 12.5. The van der Waals surface area contributed by atoms with Gasteiger partial charge in [0.25, 0.3) is 0 Å². The lowest BCUT2D eigenvalue weighted by Gasteiger charge is -2.21. The number of furan rings is 2. The summed E-state index contributed by atoms with van der Waals surface area (Å²) in [5.41, 5.74) is 22.5. The first-order valence-electron chi connectivity index (χ1n) is 31.1. The van der Waals surface area contributed by atoms with Crippen molar-refractivity contribution in [3.8, 4) is 108 Å². The Bertz CT molecular complexity index is 6170. The highest BCUT2D eigenvalue weighted by molar-refractivity contribution is 6.24. The molecule has 4 heterocycles. The molecule has 9 nitrogen and oxygen atoms in total. The van der Waals surface area contributed by atoms with E-state index in [0.29, 0.717) is 45.4 Å². The Labute approximate surface area is 539 Å². The Morgan fingerprint density at radius 1 is 0.362 bits per heavy atom. The predicted molar refractivity (Wildman–Crippen MR) is 375 cm³/mol. The van der Waals surface area contributed by atoms with Crippen molar-refractivity contribution in [1.82, 2.24) is 19.5 Å². The van der Waals surface area contributed by atoms with Crippen LogP contribution in [0.2, 0.25) is 0 Å². The molecule has 0 bridgehead atoms. The van der Waals surface area contributed by atoms with Crippen molar-refractivity contribution >= 4 is 71.4 Å². The molecule has 0 N–H and O–H groups in total. The third-order valence-electron chi connectivity index (χ3n) is 18.6. The summed E-state index contributed by atoms with van der Waals surface area (Å²) in [6.45, 7) is 8.18. The molecule has 0 amide bonds. The van der Waals surface area contributed by atoms with Crippen LogP contribution in [0.3, 0.4) is 0 Å². The van der Waals surface area contributed by atoms with Crippen molar-refractivity contribution in [2.24, 2.45) is 0 Å². The van der Waals surface area contributed by atoms with E-state index in [4.69, 9.17) is 30.4 Å². The van der Waals surface area contributed by atoms with Crippen LogP contribution >= 0.6 is 0 Å². The van der Waals surface area contributed by atoms with Gasteiger partial charge < -0.3 is 13.4 Å². The molecule has 1 unspecified atom stereocenters. The minimum Gasteiger partial charge on any atom is -0.455 e. The maximum absolute atomic E-state index is 10.3. The fourth-order valence-electron chi connectivity index (χ4n) is 14.3. The van der Waals surface area contributed by atoms with Crippen LogP contribution in [0, 0.1) is 29.2 Å². The zero-order chi connectivity index (χ0) is 62.5. The smallest absolute Gasteiger partial charge is 0.187 e. The number of nitrogens with zero attached hydrogens (tertiary/aromatic N) is 7. The van der Waals surface area contributed by atoms with Crippen LogP contribution in [0.15, 0.2) is 288 Å². The number of nitriles is 2. The highest BCUT2D eigenvalue weighted by atomic mass is 16.3. The summed E-state index contributed by atoms with van der Waals surface area (Å²) in [5, 5.41) is 26.6. The predicted octanol–water partition coefficient (Wildman–Crippen LogP) is 21.9. The first-order chi connectivity index (χ1) is 46.4. The van der Waals surface area contributed by atoms with E-state index in [1.54, 1.807) is 6.07 Å². The molecular weight excluding hydrogens is 1150 g/mol. The van der Waals surface area contributed by atoms with Gasteiger partial charge in [-0.3, -0.25) is 0 Å². The molecule has 434 valence electrons. The Kier molecular flexibility index (Phi) is 12.3. The molecular formula is C85H47N7O2. The van der Waals surface area contributed by atoms with Crippen molar-refractivity contribution in [2.45, 2.75) is 5.92 Å². The van der Waals surface area contributed by atoms with E-state index in [-0.39, 0.29) is 5.92 Å². The molecule has 0 saturated carbocycles. The van der Waals surface area contributed by atoms with E-state index in [0.717, 1.165) is 149 Å². The first kappa shape index (κ1) is 53.7. The molecule has 0 saturated heterocycles. The van der Waals surface area contributed by atoms with Gasteiger partial charge in [-0.1, -0.05) is 188 Å². The van der Waals surface area contributed by atoms with Crippen LogP contribution in [0.25, 0.3) is 166 Å². The number of fused-ring (bicyclic) bond motifs is 14. The maximum atomic E-state index is 10.3. The van der Waals surface area contributed by atoms with Gasteiger partial charge in [0.05, 0.1) is 51.9 Å². The van der Waals surface area contributed by atoms with Crippen LogP contribution in [0.5, 0.6) is 0 Å². The fraction of sp³-hybridized carbons (Fsp3) is 0.0118. The average molecular weight is 1200 g/mol. The monoisotopic (exact) mass is 1200 g/mol. The molecule has 94 heavy (non-hydrogen) atoms. The van der Waals surface area contributed by atoms with Crippen LogP contribution in [-0.2, 0) is 0 Å². The minimum absolute atomic E-state index is 0.372. The maximum Gasteiger partial charge on any atom is 0.187 e. The van der Waals surface area contributed by atoms with Crippen LogP contribution in [0.4, 0.5) is 5.69 Å². The van der Waals surface area contributed by atoms with Crippen molar-refractivity contribution in [3.63, 3.8) is 0 Å². The molecule has 4 aromatic heterocycles. The summed E-state index contributed by atoms with van der Waals surface area (Å²) in [6, 6.07) is 99.8. The lowest BCUT2D eigenvalue weighted by molar-refractivity contribution is 0.669. The molecule has 0 fully saturated rings. The molecule has 1 aliphatic rings. The number of para-hydroxylation sites is 2. The lowest BCUT2D eigenvalue weighted by Crippen LogP contribution is -2.07. The van der Waals surface area contributed by atoms with E-state index in [9.17, 15) is 10.5 Å². The molecule has 17 aromatic rings. The van der Waals surface area contributed by atoms with Gasteiger partial charge in [0.15, 0.2) is 23.2 Å². The van der Waals surface area contributed by atoms with Crippen molar-refractivity contribution in [2.75, 3.05) is 0 Å². The lowest BCUT2D eigenvalue weighted by atomic mass is 9.83. The number of benzene rings is 13. The van der Waals surface area contributed by atoms with Crippen molar-refractivity contribution < 1.29 is 8.83 Å².